The molecular formula is C52H84O12Si. The highest BCUT2D eigenvalue weighted by Gasteiger charge is 2.50. The monoisotopic (exact) mass is 929 g/mol. The minimum Gasteiger partial charge on any atom is -0.491 e. The second-order valence-corrected chi connectivity index (χ2v) is 21.0. The fourth-order valence-corrected chi connectivity index (χ4v) is 11.7. The maximum absolute atomic E-state index is 6.86. The lowest BCUT2D eigenvalue weighted by molar-refractivity contribution is -0.0270. The number of benzene rings is 3. The first kappa shape index (κ1) is 56.6. The van der Waals surface area contributed by atoms with Gasteiger partial charge in [0, 0.05) is 0 Å². The summed E-state index contributed by atoms with van der Waals surface area (Å²) in [5, 5.41) is 2.48. The molecular weight excluding hydrogens is 845 g/mol. The quantitative estimate of drug-likeness (QED) is 0.0410. The van der Waals surface area contributed by atoms with Gasteiger partial charge in [-0.15, -0.1) is 0 Å². The van der Waals surface area contributed by atoms with E-state index in [0.29, 0.717) is 145 Å². The Balaban J connectivity index is 0.978. The normalized spacial score (nSPS) is 12.0. The second-order valence-electron chi connectivity index (χ2n) is 16.6. The molecule has 0 saturated carbocycles. The van der Waals surface area contributed by atoms with Crippen molar-refractivity contribution < 1.29 is 56.5 Å². The van der Waals surface area contributed by atoms with Crippen LogP contribution in [0, 0.1) is 0 Å². The van der Waals surface area contributed by atoms with Gasteiger partial charge in [-0.25, -0.2) is 0 Å². The molecule has 0 fully saturated rings. The molecule has 0 spiro atoms. The largest absolute Gasteiger partial charge is 0.491 e. The molecule has 0 unspecified atom stereocenters. The Kier molecular flexibility index (Phi) is 33.3. The Morgan fingerprint density at radius 3 is 1.03 bits per heavy atom. The summed E-state index contributed by atoms with van der Waals surface area (Å²) >= 11 is 0. The first-order chi connectivity index (χ1) is 32.0. The smallest absolute Gasteiger partial charge is 0.261 e. The zero-order chi connectivity index (χ0) is 46.2. The Morgan fingerprint density at radius 1 is 0.354 bits per heavy atom. The predicted octanol–water partition coefficient (Wildman–Crippen LogP) is 7.71. The van der Waals surface area contributed by atoms with Crippen molar-refractivity contribution in [3.8, 4) is 5.75 Å². The lowest BCUT2D eigenvalue weighted by Crippen LogP contribution is -2.66. The maximum atomic E-state index is 6.86. The molecule has 12 nitrogen and oxygen atoms in total. The Bertz CT molecular complexity index is 1440. The highest BCUT2D eigenvalue weighted by molar-refractivity contribution is 6.99. The summed E-state index contributed by atoms with van der Waals surface area (Å²) in [6, 6.07) is 29.8. The van der Waals surface area contributed by atoms with E-state index in [1.54, 1.807) is 0 Å². The maximum Gasteiger partial charge on any atom is 0.261 e. The molecule has 0 aliphatic heterocycles. The average molecular weight is 929 g/mol. The van der Waals surface area contributed by atoms with Crippen LogP contribution in [0.15, 0.2) is 84.9 Å². The van der Waals surface area contributed by atoms with Gasteiger partial charge in [0.1, 0.15) is 12.4 Å². The van der Waals surface area contributed by atoms with E-state index in [-0.39, 0.29) is 5.04 Å². The van der Waals surface area contributed by atoms with Gasteiger partial charge >= 0.3 is 0 Å². The molecule has 3 rings (SSSR count). The molecule has 0 heterocycles. The van der Waals surface area contributed by atoms with Gasteiger partial charge in [0.15, 0.2) is 0 Å². The summed E-state index contributed by atoms with van der Waals surface area (Å²) in [7, 11) is -2.55. The van der Waals surface area contributed by atoms with Crippen LogP contribution < -0.4 is 15.1 Å². The lowest BCUT2D eigenvalue weighted by atomic mass is 10.0. The molecule has 0 aromatic heterocycles. The molecule has 0 radical (unpaired) electrons. The molecule has 0 amide bonds. The van der Waals surface area contributed by atoms with Crippen molar-refractivity contribution in [3.05, 3.63) is 90.5 Å². The number of unbranched alkanes of at least 4 members (excludes halogenated alkanes) is 5. The number of aryl methyl sites for hydroxylation is 1. The second kappa shape index (κ2) is 38.2. The number of hydrogen-bond acceptors (Lipinski definition) is 12. The zero-order valence-corrected chi connectivity index (χ0v) is 41.5. The third kappa shape index (κ3) is 26.4. The highest BCUT2D eigenvalue weighted by atomic mass is 28.4. The van der Waals surface area contributed by atoms with Crippen molar-refractivity contribution >= 4 is 18.7 Å². The van der Waals surface area contributed by atoms with E-state index in [1.165, 1.54) is 54.5 Å². The fraction of sp³-hybridized carbons (Fsp3) is 0.654. The summed E-state index contributed by atoms with van der Waals surface area (Å²) in [6.45, 7) is 20.3. The molecule has 368 valence electrons. The zero-order valence-electron chi connectivity index (χ0n) is 40.5. The van der Waals surface area contributed by atoms with E-state index < -0.39 is 8.32 Å². The Morgan fingerprint density at radius 2 is 0.677 bits per heavy atom. The van der Waals surface area contributed by atoms with Gasteiger partial charge in [0.05, 0.1) is 139 Å². The number of ether oxygens (including phenoxy) is 11. The molecule has 0 saturated heterocycles. The summed E-state index contributed by atoms with van der Waals surface area (Å²) in [5.74, 6) is 0.884. The van der Waals surface area contributed by atoms with Gasteiger partial charge in [-0.1, -0.05) is 133 Å². The molecule has 0 bridgehead atoms. The van der Waals surface area contributed by atoms with Crippen LogP contribution in [0.2, 0.25) is 5.04 Å². The summed E-state index contributed by atoms with van der Waals surface area (Å²) in [6.07, 6.45) is 9.08. The van der Waals surface area contributed by atoms with Gasteiger partial charge in [0.2, 0.25) is 0 Å². The molecule has 65 heavy (non-hydrogen) atoms. The van der Waals surface area contributed by atoms with Crippen molar-refractivity contribution in [2.75, 3.05) is 145 Å². The summed E-state index contributed by atoms with van der Waals surface area (Å²) < 4.78 is 68.8. The van der Waals surface area contributed by atoms with Crippen molar-refractivity contribution in [1.82, 2.24) is 0 Å². The lowest BCUT2D eigenvalue weighted by Gasteiger charge is -2.43. The predicted molar refractivity (Wildman–Crippen MR) is 261 cm³/mol. The van der Waals surface area contributed by atoms with Crippen molar-refractivity contribution in [1.29, 1.82) is 0 Å². The van der Waals surface area contributed by atoms with Gasteiger partial charge in [-0.05, 0) is 45.9 Å². The van der Waals surface area contributed by atoms with Gasteiger partial charge in [-0.2, -0.15) is 0 Å². The van der Waals surface area contributed by atoms with Crippen LogP contribution in [0.5, 0.6) is 5.75 Å². The topological polar surface area (TPSA) is 111 Å². The molecule has 0 N–H and O–H groups in total. The van der Waals surface area contributed by atoms with Gasteiger partial charge in [-0.3, -0.25) is 0 Å². The Labute approximate surface area is 393 Å². The molecule has 0 aliphatic rings. The third-order valence-corrected chi connectivity index (χ3v) is 15.6. The minimum absolute atomic E-state index is 0.0589. The van der Waals surface area contributed by atoms with Crippen molar-refractivity contribution in [2.45, 2.75) is 77.7 Å². The summed E-state index contributed by atoms with van der Waals surface area (Å²) in [4.78, 5) is 0. The van der Waals surface area contributed by atoms with E-state index in [0.717, 1.165) is 12.2 Å². The van der Waals surface area contributed by atoms with Crippen molar-refractivity contribution in [3.63, 3.8) is 0 Å². The average Bonchev–Trinajstić information content (AvgIpc) is 3.32. The van der Waals surface area contributed by atoms with Crippen LogP contribution >= 0.6 is 0 Å². The molecule has 0 aliphatic carbocycles. The fourth-order valence-electron chi connectivity index (χ4n) is 7.18. The molecule has 0 atom stereocenters. The molecule has 3 aromatic rings. The summed E-state index contributed by atoms with van der Waals surface area (Å²) in [5.41, 5.74) is 1.38. The van der Waals surface area contributed by atoms with E-state index in [9.17, 15) is 0 Å². The number of hydrogen-bond donors (Lipinski definition) is 0. The number of rotatable bonds is 44. The SMILES string of the molecule is CCCCCCCCc1ccc(OCCOCCOCCOCCOCCOCCOCCOCCOCCOCCOCCO[Si](c2ccccc2)(c2ccccc2)C(C)(C)C)cc1. The first-order valence-electron chi connectivity index (χ1n) is 24.2. The van der Waals surface area contributed by atoms with E-state index >= 15 is 0 Å². The van der Waals surface area contributed by atoms with Gasteiger partial charge < -0.3 is 56.5 Å². The van der Waals surface area contributed by atoms with Crippen LogP contribution in [0.1, 0.15) is 71.8 Å². The van der Waals surface area contributed by atoms with Crippen LogP contribution in [0.3, 0.4) is 0 Å². The van der Waals surface area contributed by atoms with Crippen LogP contribution in [-0.2, 0) is 58.2 Å². The van der Waals surface area contributed by atoms with Crippen LogP contribution in [0.25, 0.3) is 0 Å². The highest BCUT2D eigenvalue weighted by Crippen LogP contribution is 2.36. The molecule has 3 aromatic carbocycles. The van der Waals surface area contributed by atoms with Crippen LogP contribution in [0.4, 0.5) is 0 Å². The third-order valence-electron chi connectivity index (χ3n) is 10.5. The minimum atomic E-state index is -2.55. The van der Waals surface area contributed by atoms with E-state index in [2.05, 4.69) is 113 Å². The van der Waals surface area contributed by atoms with Gasteiger partial charge in [0.25, 0.3) is 8.32 Å². The Hall–Kier alpha value is -2.76. The van der Waals surface area contributed by atoms with E-state index in [1.807, 2.05) is 0 Å². The van der Waals surface area contributed by atoms with E-state index in [4.69, 9.17) is 56.5 Å². The molecule has 13 heteroatoms. The van der Waals surface area contributed by atoms with Crippen LogP contribution in [-0.4, -0.2) is 154 Å². The van der Waals surface area contributed by atoms with Crippen molar-refractivity contribution in [2.24, 2.45) is 0 Å². The standard InChI is InChI=1S/C52H84O12Si/c1-5-6-7-8-9-12-17-48-22-24-49(25-23-48)63-46-44-61-42-40-59-38-36-57-34-32-55-30-28-53-26-27-54-29-31-56-33-35-58-37-39-60-41-43-62-45-47-64-65(52(2,3)4,50-18-13-10-14-19-50)51-20-15-11-16-21-51/h10-11,13-16,18-25H,5-9,12,17,26-47H2,1-4H3. The first-order valence-corrected chi connectivity index (χ1v) is 26.1.